The third-order valence-corrected chi connectivity index (χ3v) is 6.53. The Hall–Kier alpha value is -4.59. The fourth-order valence-electron chi connectivity index (χ4n) is 4.52. The van der Waals surface area contributed by atoms with E-state index in [2.05, 4.69) is 17.6 Å². The van der Waals surface area contributed by atoms with Gasteiger partial charge in [0.05, 0.1) is 29.6 Å². The molecule has 0 aliphatic carbocycles. The van der Waals surface area contributed by atoms with E-state index in [1.807, 2.05) is 75.4 Å². The number of nitrogens with zero attached hydrogens (tertiary/aromatic N) is 1. The lowest BCUT2D eigenvalue weighted by Crippen LogP contribution is -2.37. The number of carbonyl (C=O) groups is 3. The lowest BCUT2D eigenvalue weighted by atomic mass is 9.99. The van der Waals surface area contributed by atoms with E-state index in [4.69, 9.17) is 9.47 Å². The average Bonchev–Trinajstić information content (AvgIpc) is 3.28. The maximum Gasteiger partial charge on any atom is 0.410 e. The molecule has 1 heterocycles. The van der Waals surface area contributed by atoms with Gasteiger partial charge in [-0.3, -0.25) is 4.79 Å². The van der Waals surface area contributed by atoms with E-state index >= 15 is 0 Å². The van der Waals surface area contributed by atoms with E-state index in [-0.39, 0.29) is 12.0 Å². The Morgan fingerprint density at radius 1 is 0.951 bits per heavy atom. The van der Waals surface area contributed by atoms with Gasteiger partial charge in [-0.2, -0.15) is 0 Å². The summed E-state index contributed by atoms with van der Waals surface area (Å²) in [6, 6.07) is 22.4. The minimum atomic E-state index is -0.567. The third kappa shape index (κ3) is 7.33. The summed E-state index contributed by atoms with van der Waals surface area (Å²) in [6.45, 7) is 8.73. The highest BCUT2D eigenvalue weighted by Crippen LogP contribution is 2.38. The monoisotopic (exact) mass is 555 g/mol. The molecule has 41 heavy (non-hydrogen) atoms. The summed E-state index contributed by atoms with van der Waals surface area (Å²) in [5, 5.41) is 6.33. The normalized spacial score (nSPS) is 13.6. The molecule has 4 rings (SSSR count). The molecule has 8 heteroatoms. The van der Waals surface area contributed by atoms with Gasteiger partial charge in [0, 0.05) is 24.3 Å². The molecule has 214 valence electrons. The van der Waals surface area contributed by atoms with Gasteiger partial charge < -0.3 is 25.0 Å². The number of carbonyl (C=O) groups excluding carboxylic acids is 3. The van der Waals surface area contributed by atoms with Gasteiger partial charge >= 0.3 is 12.1 Å². The van der Waals surface area contributed by atoms with Crippen LogP contribution in [0.15, 0.2) is 72.8 Å². The molecule has 3 aromatic carbocycles. The van der Waals surface area contributed by atoms with Crippen LogP contribution < -0.4 is 10.6 Å². The van der Waals surface area contributed by atoms with E-state index in [1.165, 1.54) is 7.11 Å². The number of esters is 1. The number of anilines is 2. The van der Waals surface area contributed by atoms with Crippen LogP contribution in [-0.4, -0.2) is 42.1 Å². The number of methoxy groups -OCH3 is 1. The van der Waals surface area contributed by atoms with Crippen molar-refractivity contribution in [3.63, 3.8) is 0 Å². The van der Waals surface area contributed by atoms with Gasteiger partial charge in [0.1, 0.15) is 5.60 Å². The summed E-state index contributed by atoms with van der Waals surface area (Å²) < 4.78 is 10.4. The smallest absolute Gasteiger partial charge is 0.410 e. The lowest BCUT2D eigenvalue weighted by molar-refractivity contribution is -0.110. The van der Waals surface area contributed by atoms with Crippen molar-refractivity contribution >= 4 is 40.6 Å². The van der Waals surface area contributed by atoms with Gasteiger partial charge in [-0.25, -0.2) is 9.59 Å². The largest absolute Gasteiger partial charge is 0.465 e. The van der Waals surface area contributed by atoms with Crippen LogP contribution in [-0.2, 0) is 20.8 Å². The molecule has 0 saturated heterocycles. The summed E-state index contributed by atoms with van der Waals surface area (Å²) in [7, 11) is 1.32. The third-order valence-electron chi connectivity index (χ3n) is 6.53. The minimum Gasteiger partial charge on any atom is -0.465 e. The first-order valence-corrected chi connectivity index (χ1v) is 13.8. The fourth-order valence-corrected chi connectivity index (χ4v) is 4.52. The summed E-state index contributed by atoms with van der Waals surface area (Å²) in [4.78, 5) is 39.8. The predicted molar refractivity (Wildman–Crippen MR) is 161 cm³/mol. The molecule has 0 fully saturated rings. The zero-order chi connectivity index (χ0) is 29.6. The number of amides is 2. The second kappa shape index (κ2) is 12.7. The molecule has 0 bridgehead atoms. The highest BCUT2D eigenvalue weighted by Gasteiger charge is 2.29. The molecule has 2 N–H and O–H groups in total. The lowest BCUT2D eigenvalue weighted by Gasteiger charge is -2.27. The summed E-state index contributed by atoms with van der Waals surface area (Å²) in [5.74, 6) is -0.741. The van der Waals surface area contributed by atoms with Gasteiger partial charge in [0.2, 0.25) is 0 Å². The van der Waals surface area contributed by atoms with E-state index < -0.39 is 11.6 Å². The van der Waals surface area contributed by atoms with Crippen LogP contribution in [0.3, 0.4) is 0 Å². The number of hydrogen-bond acceptors (Lipinski definition) is 6. The molecular weight excluding hydrogens is 518 g/mol. The van der Waals surface area contributed by atoms with Crippen LogP contribution in [0.2, 0.25) is 0 Å². The molecule has 0 saturated carbocycles. The van der Waals surface area contributed by atoms with E-state index in [9.17, 15) is 14.4 Å². The highest BCUT2D eigenvalue weighted by atomic mass is 16.6. The van der Waals surface area contributed by atoms with Crippen molar-refractivity contribution in [1.82, 2.24) is 4.90 Å². The number of nitrogens with one attached hydrogen (secondary N) is 2. The first kappa shape index (κ1) is 29.4. The predicted octanol–water partition coefficient (Wildman–Crippen LogP) is 6.94. The molecule has 0 spiro atoms. The number of fused-ring (bicyclic) bond motifs is 1. The van der Waals surface area contributed by atoms with Crippen molar-refractivity contribution < 1.29 is 23.9 Å². The number of benzene rings is 3. The van der Waals surface area contributed by atoms with Crippen LogP contribution in [0.4, 0.5) is 16.2 Å². The zero-order valence-electron chi connectivity index (χ0n) is 24.2. The summed E-state index contributed by atoms with van der Waals surface area (Å²) in [6.07, 6.45) is 1.53. The Morgan fingerprint density at radius 3 is 2.29 bits per heavy atom. The Morgan fingerprint density at radius 2 is 1.66 bits per heavy atom. The SMILES string of the molecule is CCCCN(Cc1ccc(N/C(=C2\C(=O)Nc3cc(C(=O)OC)ccc32)c2ccccc2)cc1)C(=O)OC(C)(C)C. The van der Waals surface area contributed by atoms with E-state index in [0.717, 1.165) is 29.7 Å². The number of unbranched alkanes of at least 4 members (excludes halogenated alkanes) is 1. The maximum absolute atomic E-state index is 13.2. The number of ether oxygens (including phenoxy) is 2. The molecular formula is C33H37N3O5. The van der Waals surface area contributed by atoms with Gasteiger partial charge in [0.15, 0.2) is 0 Å². The van der Waals surface area contributed by atoms with Crippen LogP contribution >= 0.6 is 0 Å². The fraction of sp³-hybridized carbons (Fsp3) is 0.303. The standard InChI is InChI=1S/C33H37N3O5/c1-6-7-19-36(32(39)41-33(2,3)4)21-22-13-16-25(17-14-22)34-29(23-11-9-8-10-12-23)28-26-18-15-24(31(38)40-5)20-27(26)35-30(28)37/h8-18,20,34H,6-7,19,21H2,1-5H3,(H,35,37)/b29-28-. The first-order valence-electron chi connectivity index (χ1n) is 13.8. The van der Waals surface area contributed by atoms with Crippen molar-refractivity contribution in [2.75, 3.05) is 24.3 Å². The second-order valence-corrected chi connectivity index (χ2v) is 10.9. The Bertz CT molecular complexity index is 1440. The number of rotatable bonds is 9. The van der Waals surface area contributed by atoms with Crippen LogP contribution in [0, 0.1) is 0 Å². The molecule has 1 aliphatic rings. The molecule has 0 radical (unpaired) electrons. The van der Waals surface area contributed by atoms with Crippen LogP contribution in [0.5, 0.6) is 0 Å². The molecule has 3 aromatic rings. The zero-order valence-corrected chi connectivity index (χ0v) is 24.2. The maximum atomic E-state index is 13.2. The van der Waals surface area contributed by atoms with Gasteiger partial charge in [0.25, 0.3) is 5.91 Å². The van der Waals surface area contributed by atoms with Crippen molar-refractivity contribution in [2.24, 2.45) is 0 Å². The van der Waals surface area contributed by atoms with Crippen molar-refractivity contribution in [3.05, 3.63) is 95.1 Å². The molecule has 0 aromatic heterocycles. The number of hydrogen-bond donors (Lipinski definition) is 2. The van der Waals surface area contributed by atoms with Crippen molar-refractivity contribution in [2.45, 2.75) is 52.7 Å². The topological polar surface area (TPSA) is 97.0 Å². The van der Waals surface area contributed by atoms with Crippen LogP contribution in [0.25, 0.3) is 11.3 Å². The minimum absolute atomic E-state index is 0.270. The summed E-state index contributed by atoms with van der Waals surface area (Å²) >= 11 is 0. The van der Waals surface area contributed by atoms with Crippen molar-refractivity contribution in [3.8, 4) is 0 Å². The average molecular weight is 556 g/mol. The quantitative estimate of drug-likeness (QED) is 0.219. The Kier molecular flexibility index (Phi) is 9.12. The van der Waals surface area contributed by atoms with Gasteiger partial charge in [-0.05, 0) is 62.6 Å². The molecule has 1 aliphatic heterocycles. The van der Waals surface area contributed by atoms with Crippen molar-refractivity contribution in [1.29, 1.82) is 0 Å². The molecule has 2 amide bonds. The Balaban J connectivity index is 1.63. The van der Waals surface area contributed by atoms with E-state index in [0.29, 0.717) is 41.2 Å². The summed E-state index contributed by atoms with van der Waals surface area (Å²) in [5.41, 5.74) is 4.72. The molecule has 0 unspecified atom stereocenters. The first-order chi connectivity index (χ1) is 19.6. The Labute approximate surface area is 241 Å². The van der Waals surface area contributed by atoms with Gasteiger partial charge in [-0.1, -0.05) is 61.9 Å². The highest BCUT2D eigenvalue weighted by molar-refractivity contribution is 6.37. The molecule has 8 nitrogen and oxygen atoms in total. The van der Waals surface area contributed by atoms with Gasteiger partial charge in [-0.15, -0.1) is 0 Å². The second-order valence-electron chi connectivity index (χ2n) is 10.9. The van der Waals surface area contributed by atoms with E-state index in [1.54, 1.807) is 23.1 Å². The molecule has 0 atom stereocenters. The van der Waals surface area contributed by atoms with Crippen LogP contribution in [0.1, 0.15) is 67.6 Å².